The Morgan fingerprint density at radius 3 is 2.60 bits per heavy atom. The Morgan fingerprint density at radius 1 is 1.25 bits per heavy atom. The second-order valence-electron chi connectivity index (χ2n) is 4.00. The maximum atomic E-state index is 12.2. The number of hydrogen-bond donors (Lipinski definition) is 2. The van der Waals surface area contributed by atoms with Crippen LogP contribution in [-0.4, -0.2) is 16.0 Å². The lowest BCUT2D eigenvalue weighted by Gasteiger charge is -2.10. The van der Waals surface area contributed by atoms with E-state index < -0.39 is 11.7 Å². The average molecular weight is 332 g/mol. The molecule has 0 unspecified atom stereocenters. The van der Waals surface area contributed by atoms with Gasteiger partial charge in [-0.2, -0.15) is 0 Å². The van der Waals surface area contributed by atoms with Crippen LogP contribution >= 0.6 is 34.8 Å². The van der Waals surface area contributed by atoms with Crippen LogP contribution in [0.3, 0.4) is 0 Å². The van der Waals surface area contributed by atoms with E-state index in [4.69, 9.17) is 34.8 Å². The van der Waals surface area contributed by atoms with E-state index in [0.717, 1.165) is 5.69 Å². The van der Waals surface area contributed by atoms with Gasteiger partial charge in [0.25, 0.3) is 5.91 Å². The zero-order chi connectivity index (χ0) is 14.9. The van der Waals surface area contributed by atoms with Crippen molar-refractivity contribution in [3.8, 4) is 5.75 Å². The molecule has 0 aliphatic heterocycles. The molecule has 0 aliphatic carbocycles. The third-order valence-corrected chi connectivity index (χ3v) is 3.58. The Labute approximate surface area is 130 Å². The number of carbonyl (C=O) groups excluding carboxylic acids is 1. The zero-order valence-electron chi connectivity index (χ0n) is 10.2. The van der Waals surface area contributed by atoms with Crippen molar-refractivity contribution in [3.05, 3.63) is 50.6 Å². The molecule has 104 valence electrons. The summed E-state index contributed by atoms with van der Waals surface area (Å²) in [7, 11) is 0. The number of aromatic hydroxyl groups is 1. The number of pyridine rings is 1. The first kappa shape index (κ1) is 14.9. The van der Waals surface area contributed by atoms with Crippen LogP contribution in [0.1, 0.15) is 16.1 Å². The Morgan fingerprint density at radius 2 is 1.95 bits per heavy atom. The van der Waals surface area contributed by atoms with Gasteiger partial charge >= 0.3 is 0 Å². The van der Waals surface area contributed by atoms with Crippen LogP contribution in [0, 0.1) is 6.92 Å². The summed E-state index contributed by atoms with van der Waals surface area (Å²) in [6.07, 6.45) is 0. The number of phenols is 1. The van der Waals surface area contributed by atoms with Crippen molar-refractivity contribution in [2.75, 3.05) is 5.32 Å². The van der Waals surface area contributed by atoms with E-state index in [-0.39, 0.29) is 20.6 Å². The molecule has 1 amide bonds. The molecule has 7 heteroatoms. The summed E-state index contributed by atoms with van der Waals surface area (Å²) in [4.78, 5) is 16.3. The number of aromatic nitrogens is 1. The summed E-state index contributed by atoms with van der Waals surface area (Å²) in [5.74, 6) is -0.734. The fourth-order valence-corrected chi connectivity index (χ4v) is 2.28. The lowest BCUT2D eigenvalue weighted by atomic mass is 10.2. The minimum absolute atomic E-state index is 0.0539. The lowest BCUT2D eigenvalue weighted by molar-refractivity contribution is 0.102. The summed E-state index contributed by atoms with van der Waals surface area (Å²) < 4.78 is 0. The Hall–Kier alpha value is -1.49. The minimum atomic E-state index is -0.644. The van der Waals surface area contributed by atoms with Crippen molar-refractivity contribution >= 4 is 46.5 Å². The lowest BCUT2D eigenvalue weighted by Crippen LogP contribution is -2.14. The Bertz CT molecular complexity index is 663. The quantitative estimate of drug-likeness (QED) is 0.806. The second-order valence-corrected chi connectivity index (χ2v) is 5.19. The molecular formula is C13H9Cl3N2O2. The van der Waals surface area contributed by atoms with Gasteiger partial charge in [0, 0.05) is 5.69 Å². The van der Waals surface area contributed by atoms with Crippen LogP contribution in [0.25, 0.3) is 0 Å². The van der Waals surface area contributed by atoms with Crippen LogP contribution in [0.4, 0.5) is 5.82 Å². The highest BCUT2D eigenvalue weighted by atomic mass is 35.5. The SMILES string of the molecule is Cc1cccc(NC(=O)c2c(O)c(Cl)cc(Cl)c2Cl)n1. The molecule has 2 rings (SSSR count). The normalized spacial score (nSPS) is 10.4. The minimum Gasteiger partial charge on any atom is -0.505 e. The fourth-order valence-electron chi connectivity index (χ4n) is 1.58. The van der Waals surface area contributed by atoms with Crippen LogP contribution in [0.15, 0.2) is 24.3 Å². The van der Waals surface area contributed by atoms with Crippen LogP contribution in [0.2, 0.25) is 15.1 Å². The van der Waals surface area contributed by atoms with Crippen molar-refractivity contribution in [1.82, 2.24) is 4.98 Å². The number of nitrogens with zero attached hydrogens (tertiary/aromatic N) is 1. The van der Waals surface area contributed by atoms with E-state index in [1.807, 2.05) is 0 Å². The maximum Gasteiger partial charge on any atom is 0.262 e. The van der Waals surface area contributed by atoms with Gasteiger partial charge in [-0.3, -0.25) is 4.79 Å². The van der Waals surface area contributed by atoms with Crippen molar-refractivity contribution in [1.29, 1.82) is 0 Å². The molecule has 0 radical (unpaired) electrons. The average Bonchev–Trinajstić information content (AvgIpc) is 2.36. The molecule has 1 aromatic carbocycles. The van der Waals surface area contributed by atoms with Crippen molar-refractivity contribution < 1.29 is 9.90 Å². The summed E-state index contributed by atoms with van der Waals surface area (Å²) in [6.45, 7) is 1.79. The molecule has 0 saturated heterocycles. The van der Waals surface area contributed by atoms with E-state index >= 15 is 0 Å². The van der Waals surface area contributed by atoms with E-state index in [1.165, 1.54) is 6.07 Å². The number of hydrogen-bond acceptors (Lipinski definition) is 3. The number of benzene rings is 1. The molecule has 0 atom stereocenters. The fraction of sp³-hybridized carbons (Fsp3) is 0.0769. The molecule has 0 saturated carbocycles. The molecule has 1 heterocycles. The largest absolute Gasteiger partial charge is 0.505 e. The number of anilines is 1. The van der Waals surface area contributed by atoms with Gasteiger partial charge in [0.1, 0.15) is 17.1 Å². The molecule has 2 aromatic rings. The third kappa shape index (κ3) is 2.98. The van der Waals surface area contributed by atoms with Crippen LogP contribution in [0.5, 0.6) is 5.75 Å². The molecule has 1 aromatic heterocycles. The Balaban J connectivity index is 2.39. The van der Waals surface area contributed by atoms with E-state index in [9.17, 15) is 9.90 Å². The number of phenolic OH excluding ortho intramolecular Hbond substituents is 1. The second kappa shape index (κ2) is 5.87. The highest BCUT2D eigenvalue weighted by molar-refractivity contribution is 6.46. The highest BCUT2D eigenvalue weighted by Gasteiger charge is 2.21. The summed E-state index contributed by atoms with van der Waals surface area (Å²) >= 11 is 17.5. The summed E-state index contributed by atoms with van der Waals surface area (Å²) in [6, 6.07) is 6.41. The molecular weight excluding hydrogens is 323 g/mol. The van der Waals surface area contributed by atoms with Gasteiger partial charge in [0.05, 0.1) is 15.1 Å². The van der Waals surface area contributed by atoms with Gasteiger partial charge in [-0.15, -0.1) is 0 Å². The van der Waals surface area contributed by atoms with Gasteiger partial charge in [-0.05, 0) is 25.1 Å². The molecule has 0 aliphatic rings. The monoisotopic (exact) mass is 330 g/mol. The maximum absolute atomic E-state index is 12.2. The summed E-state index contributed by atoms with van der Waals surface area (Å²) in [5, 5.41) is 12.3. The number of halogens is 3. The molecule has 0 spiro atoms. The smallest absolute Gasteiger partial charge is 0.262 e. The van der Waals surface area contributed by atoms with Crippen LogP contribution < -0.4 is 5.32 Å². The number of aryl methyl sites for hydroxylation is 1. The van der Waals surface area contributed by atoms with Crippen molar-refractivity contribution in [2.24, 2.45) is 0 Å². The number of amides is 1. The number of nitrogens with one attached hydrogen (secondary N) is 1. The number of rotatable bonds is 2. The first-order valence-electron chi connectivity index (χ1n) is 5.51. The van der Waals surface area contributed by atoms with Gasteiger partial charge in [-0.25, -0.2) is 4.98 Å². The van der Waals surface area contributed by atoms with Crippen molar-refractivity contribution in [3.63, 3.8) is 0 Å². The molecule has 20 heavy (non-hydrogen) atoms. The van der Waals surface area contributed by atoms with Gasteiger partial charge < -0.3 is 10.4 Å². The zero-order valence-corrected chi connectivity index (χ0v) is 12.5. The van der Waals surface area contributed by atoms with E-state index in [0.29, 0.717) is 5.82 Å². The molecule has 4 nitrogen and oxygen atoms in total. The number of carbonyl (C=O) groups is 1. The van der Waals surface area contributed by atoms with Gasteiger partial charge in [0.15, 0.2) is 0 Å². The molecule has 0 bridgehead atoms. The van der Waals surface area contributed by atoms with Gasteiger partial charge in [-0.1, -0.05) is 40.9 Å². The van der Waals surface area contributed by atoms with Crippen molar-refractivity contribution in [2.45, 2.75) is 6.92 Å². The highest BCUT2D eigenvalue weighted by Crippen LogP contribution is 2.38. The van der Waals surface area contributed by atoms with E-state index in [1.54, 1.807) is 25.1 Å². The van der Waals surface area contributed by atoms with E-state index in [2.05, 4.69) is 10.3 Å². The first-order chi connectivity index (χ1) is 9.40. The Kier molecular flexibility index (Phi) is 4.38. The predicted octanol–water partition coefficient (Wildman–Crippen LogP) is 4.31. The standard InChI is InChI=1S/C13H9Cl3N2O2/c1-6-3-2-4-9(17-6)18-13(20)10-11(16)7(14)5-8(15)12(10)19/h2-5,19H,1H3,(H,17,18,20). The van der Waals surface area contributed by atoms with Gasteiger partial charge in [0.2, 0.25) is 0 Å². The topological polar surface area (TPSA) is 62.2 Å². The predicted molar refractivity (Wildman–Crippen MR) is 80.1 cm³/mol. The first-order valence-corrected chi connectivity index (χ1v) is 6.65. The third-order valence-electron chi connectivity index (χ3n) is 2.50. The summed E-state index contributed by atoms with van der Waals surface area (Å²) in [5.41, 5.74) is 0.551. The molecule has 0 fully saturated rings. The molecule has 2 N–H and O–H groups in total. The van der Waals surface area contributed by atoms with Crippen LogP contribution in [-0.2, 0) is 0 Å².